The predicted octanol–water partition coefficient (Wildman–Crippen LogP) is 6.77. The lowest BCUT2D eigenvalue weighted by Crippen LogP contribution is -2.05. The highest BCUT2D eigenvalue weighted by atomic mass is 32.2. The number of pyridine rings is 1. The molecule has 0 saturated carbocycles. The second-order valence-corrected chi connectivity index (χ2v) is 9.54. The Morgan fingerprint density at radius 1 is 0.784 bits per heavy atom. The van der Waals surface area contributed by atoms with Gasteiger partial charge in [0, 0.05) is 23.3 Å². The van der Waals surface area contributed by atoms with E-state index >= 15 is 0 Å². The number of rotatable bonds is 9. The Kier molecular flexibility index (Phi) is 7.33. The summed E-state index contributed by atoms with van der Waals surface area (Å²) in [6, 6.07) is 30.6. The number of methoxy groups -OCH3 is 2. The number of benzene rings is 4. The van der Waals surface area contributed by atoms with Gasteiger partial charge in [-0.25, -0.2) is 4.21 Å². The van der Waals surface area contributed by atoms with Crippen molar-refractivity contribution < 1.29 is 18.4 Å². The molecule has 0 spiro atoms. The van der Waals surface area contributed by atoms with Crippen LogP contribution in [0.5, 0.6) is 23.0 Å². The zero-order valence-electron chi connectivity index (χ0n) is 20.5. The number of fused-ring (bicyclic) bond motifs is 1. The summed E-state index contributed by atoms with van der Waals surface area (Å²) in [6.07, 6.45) is 2.52. The Balaban J connectivity index is 1.29. The summed E-state index contributed by atoms with van der Waals surface area (Å²) >= 11 is 0. The molecule has 0 aliphatic heterocycles. The summed E-state index contributed by atoms with van der Waals surface area (Å²) in [5.74, 6) is 2.69. The molecule has 186 valence electrons. The molecule has 7 heteroatoms. The van der Waals surface area contributed by atoms with E-state index in [1.807, 2.05) is 91.0 Å². The van der Waals surface area contributed by atoms with E-state index in [-0.39, 0.29) is 0 Å². The van der Waals surface area contributed by atoms with Gasteiger partial charge in [-0.3, -0.25) is 4.98 Å². The van der Waals surface area contributed by atoms with Crippen LogP contribution in [-0.4, -0.2) is 23.4 Å². The van der Waals surface area contributed by atoms with E-state index in [9.17, 15) is 4.21 Å². The van der Waals surface area contributed by atoms with Crippen LogP contribution in [0.1, 0.15) is 11.1 Å². The van der Waals surface area contributed by atoms with E-state index in [1.165, 1.54) is 0 Å². The largest absolute Gasteiger partial charge is 0.493 e. The second kappa shape index (κ2) is 11.1. The quantitative estimate of drug-likeness (QED) is 0.237. The standard InChI is InChI=1S/C30H26N2O4S/c1-34-29-19-27-22(15-16-31-28(27)20-30(29)35-2)17-21-11-13-23(14-12-21)32-37(33)26-10-6-9-25(18-26)36-24-7-4-3-5-8-24/h3-16,18-20,32H,17H2,1-2H3. The molecule has 5 rings (SSSR count). The van der Waals surface area contributed by atoms with Gasteiger partial charge >= 0.3 is 0 Å². The second-order valence-electron chi connectivity index (χ2n) is 8.33. The zero-order chi connectivity index (χ0) is 25.6. The molecule has 0 fully saturated rings. The number of ether oxygens (including phenoxy) is 3. The van der Waals surface area contributed by atoms with Crippen molar-refractivity contribution in [2.75, 3.05) is 18.9 Å². The third-order valence-corrected chi connectivity index (χ3v) is 7.00. The van der Waals surface area contributed by atoms with Crippen molar-refractivity contribution in [3.05, 3.63) is 114 Å². The molecule has 0 amide bonds. The lowest BCUT2D eigenvalue weighted by atomic mass is 10.0. The molecule has 6 nitrogen and oxygen atoms in total. The molecule has 0 aliphatic carbocycles. The van der Waals surface area contributed by atoms with Crippen LogP contribution < -0.4 is 18.9 Å². The van der Waals surface area contributed by atoms with Crippen molar-refractivity contribution in [1.82, 2.24) is 4.98 Å². The molecular weight excluding hydrogens is 484 g/mol. The Bertz CT molecular complexity index is 1540. The minimum Gasteiger partial charge on any atom is -0.493 e. The molecule has 0 bridgehead atoms. The van der Waals surface area contributed by atoms with E-state index in [1.54, 1.807) is 26.5 Å². The molecule has 0 radical (unpaired) electrons. The van der Waals surface area contributed by atoms with Crippen molar-refractivity contribution in [2.45, 2.75) is 11.3 Å². The summed E-state index contributed by atoms with van der Waals surface area (Å²) in [6.45, 7) is 0. The first kappa shape index (κ1) is 24.3. The van der Waals surface area contributed by atoms with Gasteiger partial charge in [0.15, 0.2) is 11.5 Å². The first-order valence-corrected chi connectivity index (χ1v) is 12.9. The smallest absolute Gasteiger partial charge is 0.162 e. The maximum absolute atomic E-state index is 13.0. The van der Waals surface area contributed by atoms with Gasteiger partial charge in [0.2, 0.25) is 0 Å². The van der Waals surface area contributed by atoms with Gasteiger partial charge in [0.05, 0.1) is 24.6 Å². The number of nitrogens with zero attached hydrogens (tertiary/aromatic N) is 1. The lowest BCUT2D eigenvalue weighted by Gasteiger charge is -2.12. The van der Waals surface area contributed by atoms with Crippen LogP contribution in [0.2, 0.25) is 0 Å². The fourth-order valence-corrected chi connectivity index (χ4v) is 4.93. The van der Waals surface area contributed by atoms with Crippen molar-refractivity contribution in [3.8, 4) is 23.0 Å². The third-order valence-electron chi connectivity index (χ3n) is 5.89. The molecule has 5 aromatic rings. The van der Waals surface area contributed by atoms with Gasteiger partial charge in [-0.05, 0) is 72.1 Å². The molecule has 1 aromatic heterocycles. The van der Waals surface area contributed by atoms with Crippen molar-refractivity contribution in [1.29, 1.82) is 0 Å². The van der Waals surface area contributed by atoms with Crippen LogP contribution in [0.15, 0.2) is 108 Å². The molecule has 1 N–H and O–H groups in total. The normalized spacial score (nSPS) is 11.6. The van der Waals surface area contributed by atoms with Gasteiger partial charge in [0.1, 0.15) is 22.5 Å². The highest BCUT2D eigenvalue weighted by Gasteiger charge is 2.11. The first-order chi connectivity index (χ1) is 18.1. The van der Waals surface area contributed by atoms with E-state index < -0.39 is 11.0 Å². The Morgan fingerprint density at radius 2 is 1.51 bits per heavy atom. The van der Waals surface area contributed by atoms with Gasteiger partial charge in [-0.15, -0.1) is 0 Å². The highest BCUT2D eigenvalue weighted by Crippen LogP contribution is 2.33. The number of para-hydroxylation sites is 1. The van der Waals surface area contributed by atoms with E-state index in [4.69, 9.17) is 14.2 Å². The minimum atomic E-state index is -1.44. The molecule has 0 saturated heterocycles. The average molecular weight is 511 g/mol. The number of hydrogen-bond donors (Lipinski definition) is 1. The Morgan fingerprint density at radius 3 is 2.27 bits per heavy atom. The van der Waals surface area contributed by atoms with Crippen LogP contribution >= 0.6 is 0 Å². The molecular formula is C30H26N2O4S. The van der Waals surface area contributed by atoms with Crippen molar-refractivity contribution >= 4 is 27.6 Å². The molecule has 4 aromatic carbocycles. The Labute approximate surface area is 218 Å². The van der Waals surface area contributed by atoms with E-state index in [2.05, 4.69) is 9.71 Å². The van der Waals surface area contributed by atoms with Gasteiger partial charge in [-0.1, -0.05) is 36.4 Å². The fourth-order valence-electron chi connectivity index (χ4n) is 4.04. The van der Waals surface area contributed by atoms with Gasteiger partial charge in [0.25, 0.3) is 0 Å². The van der Waals surface area contributed by atoms with Gasteiger partial charge < -0.3 is 18.9 Å². The first-order valence-electron chi connectivity index (χ1n) is 11.7. The van der Waals surface area contributed by atoms with Crippen LogP contribution in [0.4, 0.5) is 5.69 Å². The van der Waals surface area contributed by atoms with Crippen molar-refractivity contribution in [2.24, 2.45) is 0 Å². The monoisotopic (exact) mass is 510 g/mol. The van der Waals surface area contributed by atoms with Gasteiger partial charge in [-0.2, -0.15) is 0 Å². The summed E-state index contributed by atoms with van der Waals surface area (Å²) in [5, 5.41) is 1.01. The maximum atomic E-state index is 13.0. The molecule has 37 heavy (non-hydrogen) atoms. The van der Waals surface area contributed by atoms with Crippen LogP contribution in [-0.2, 0) is 17.4 Å². The predicted molar refractivity (Wildman–Crippen MR) is 147 cm³/mol. The molecule has 1 unspecified atom stereocenters. The van der Waals surface area contributed by atoms with Crippen LogP contribution in [0.3, 0.4) is 0 Å². The molecule has 1 heterocycles. The minimum absolute atomic E-state index is 0.630. The number of nitrogens with one attached hydrogen (secondary N) is 1. The molecule has 1 atom stereocenters. The van der Waals surface area contributed by atoms with E-state index in [0.717, 1.165) is 39.9 Å². The summed E-state index contributed by atoms with van der Waals surface area (Å²) < 4.78 is 32.8. The van der Waals surface area contributed by atoms with Crippen LogP contribution in [0.25, 0.3) is 10.9 Å². The summed E-state index contributed by atoms with van der Waals surface area (Å²) in [5.41, 5.74) is 3.87. The topological polar surface area (TPSA) is 69.7 Å². The Hall–Kier alpha value is -4.36. The number of hydrogen-bond acceptors (Lipinski definition) is 5. The highest BCUT2D eigenvalue weighted by molar-refractivity contribution is 7.86. The average Bonchev–Trinajstić information content (AvgIpc) is 2.94. The lowest BCUT2D eigenvalue weighted by molar-refractivity contribution is 0.356. The maximum Gasteiger partial charge on any atom is 0.162 e. The zero-order valence-corrected chi connectivity index (χ0v) is 21.3. The summed E-state index contributed by atoms with van der Waals surface area (Å²) in [7, 11) is 1.81. The van der Waals surface area contributed by atoms with Crippen molar-refractivity contribution in [3.63, 3.8) is 0 Å². The number of aromatic nitrogens is 1. The SMILES string of the molecule is COc1cc2nccc(Cc3ccc(NS(=O)c4cccc(Oc5ccccc5)c4)cc3)c2cc1OC. The fraction of sp³-hybridized carbons (Fsp3) is 0.100. The van der Waals surface area contributed by atoms with E-state index in [0.29, 0.717) is 22.1 Å². The third kappa shape index (κ3) is 5.73. The number of anilines is 1. The van der Waals surface area contributed by atoms with Crippen LogP contribution in [0, 0.1) is 0 Å². The molecule has 0 aliphatic rings. The summed E-state index contributed by atoms with van der Waals surface area (Å²) in [4.78, 5) is 5.11.